The first-order chi connectivity index (χ1) is 12.4. The van der Waals surface area contributed by atoms with Gasteiger partial charge in [-0.1, -0.05) is 12.1 Å². The van der Waals surface area contributed by atoms with Crippen LogP contribution in [0.25, 0.3) is 38.0 Å². The van der Waals surface area contributed by atoms with Crippen molar-refractivity contribution >= 4 is 27.6 Å². The highest BCUT2D eigenvalue weighted by atomic mass is 19.1. The fourth-order valence-corrected chi connectivity index (χ4v) is 3.56. The summed E-state index contributed by atoms with van der Waals surface area (Å²) in [4.78, 5) is 3.34. The van der Waals surface area contributed by atoms with Gasteiger partial charge in [0.25, 0.3) is 5.69 Å². The summed E-state index contributed by atoms with van der Waals surface area (Å²) in [5.74, 6) is -0.554. The molecule has 0 aliphatic carbocycles. The smallest absolute Gasteiger partial charge is 0.264 e. The normalized spacial score (nSPS) is 11.2. The lowest BCUT2D eigenvalue weighted by Gasteiger charge is -2.08. The third-order valence-corrected chi connectivity index (χ3v) is 5.05. The SMILES string of the molecule is [C-]#[N+]c1c(F)ccc2c1oc1ccc(C)c(-c3cc(C)c(C)c[n+]3C)c12. The molecule has 3 nitrogen and oxygen atoms in total. The van der Waals surface area contributed by atoms with Gasteiger partial charge in [0.2, 0.25) is 5.69 Å². The Morgan fingerprint density at radius 2 is 1.81 bits per heavy atom. The Morgan fingerprint density at radius 1 is 1.04 bits per heavy atom. The van der Waals surface area contributed by atoms with Gasteiger partial charge in [-0.2, -0.15) is 0 Å². The number of furan rings is 1. The van der Waals surface area contributed by atoms with E-state index in [0.717, 1.165) is 27.6 Å². The Labute approximate surface area is 151 Å². The molecule has 0 amide bonds. The minimum absolute atomic E-state index is 0.0632. The standard InChI is InChI=1S/C22H18FN2O/c1-12-6-9-18-20(15-7-8-16(23)21(24-4)22(15)26-18)19(12)17-10-13(2)14(3)11-25(17)5/h6-11H,1-3,5H3/q+1. The van der Waals surface area contributed by atoms with Gasteiger partial charge in [-0.05, 0) is 44.0 Å². The van der Waals surface area contributed by atoms with E-state index < -0.39 is 5.82 Å². The van der Waals surface area contributed by atoms with Gasteiger partial charge in [-0.15, -0.1) is 0 Å². The number of fused-ring (bicyclic) bond motifs is 3. The molecule has 0 spiro atoms. The lowest BCUT2D eigenvalue weighted by Crippen LogP contribution is -2.31. The molecule has 4 heteroatoms. The van der Waals surface area contributed by atoms with Gasteiger partial charge in [0.1, 0.15) is 24.0 Å². The highest BCUT2D eigenvalue weighted by Gasteiger charge is 2.23. The van der Waals surface area contributed by atoms with Crippen LogP contribution in [0.2, 0.25) is 0 Å². The number of aryl methyl sites for hydroxylation is 4. The maximum atomic E-state index is 14.0. The number of nitrogens with zero attached hydrogens (tertiary/aromatic N) is 2. The van der Waals surface area contributed by atoms with Crippen LogP contribution in [0.15, 0.2) is 40.9 Å². The molecular formula is C22H18FN2O+. The van der Waals surface area contributed by atoms with E-state index in [4.69, 9.17) is 11.0 Å². The summed E-state index contributed by atoms with van der Waals surface area (Å²) in [7, 11) is 2.02. The van der Waals surface area contributed by atoms with Crippen molar-refractivity contribution in [1.29, 1.82) is 0 Å². The first-order valence-electron chi connectivity index (χ1n) is 8.41. The number of hydrogen-bond acceptors (Lipinski definition) is 1. The molecule has 0 saturated carbocycles. The number of rotatable bonds is 1. The number of halogens is 1. The van der Waals surface area contributed by atoms with E-state index in [2.05, 4.69) is 42.4 Å². The minimum Gasteiger partial charge on any atom is -0.467 e. The van der Waals surface area contributed by atoms with E-state index in [1.807, 2.05) is 19.2 Å². The molecule has 4 aromatic rings. The predicted octanol–water partition coefficient (Wildman–Crippen LogP) is 5.69. The number of benzene rings is 2. The molecule has 0 unspecified atom stereocenters. The zero-order valence-electron chi connectivity index (χ0n) is 15.1. The van der Waals surface area contributed by atoms with E-state index in [1.54, 1.807) is 6.07 Å². The molecule has 0 aliphatic heterocycles. The second-order valence-corrected chi connectivity index (χ2v) is 6.75. The van der Waals surface area contributed by atoms with Crippen LogP contribution in [0, 0.1) is 33.2 Å². The molecule has 0 aliphatic rings. The van der Waals surface area contributed by atoms with Crippen LogP contribution in [-0.4, -0.2) is 0 Å². The van der Waals surface area contributed by atoms with E-state index in [9.17, 15) is 4.39 Å². The van der Waals surface area contributed by atoms with Crippen LogP contribution >= 0.6 is 0 Å². The maximum absolute atomic E-state index is 14.0. The van der Waals surface area contributed by atoms with Gasteiger partial charge < -0.3 is 4.42 Å². The number of aromatic nitrogens is 1. The number of hydrogen-bond donors (Lipinski definition) is 0. The lowest BCUT2D eigenvalue weighted by molar-refractivity contribution is -0.660. The first kappa shape index (κ1) is 16.3. The molecule has 2 aromatic heterocycles. The zero-order chi connectivity index (χ0) is 18.6. The second kappa shape index (κ2) is 5.67. The zero-order valence-corrected chi connectivity index (χ0v) is 15.1. The van der Waals surface area contributed by atoms with Crippen molar-refractivity contribution in [2.75, 3.05) is 0 Å². The molecule has 26 heavy (non-hydrogen) atoms. The molecule has 128 valence electrons. The summed E-state index contributed by atoms with van der Waals surface area (Å²) in [5.41, 5.74) is 6.55. The molecule has 2 heterocycles. The van der Waals surface area contributed by atoms with Crippen molar-refractivity contribution in [1.82, 2.24) is 0 Å². The molecule has 0 N–H and O–H groups in total. The van der Waals surface area contributed by atoms with Crippen molar-refractivity contribution < 1.29 is 13.4 Å². The highest BCUT2D eigenvalue weighted by molar-refractivity contribution is 6.15. The first-order valence-corrected chi connectivity index (χ1v) is 8.41. The average molecular weight is 345 g/mol. The Bertz CT molecular complexity index is 1250. The van der Waals surface area contributed by atoms with Crippen molar-refractivity contribution in [3.05, 3.63) is 70.5 Å². The topological polar surface area (TPSA) is 21.4 Å². The van der Waals surface area contributed by atoms with Crippen LogP contribution in [0.3, 0.4) is 0 Å². The van der Waals surface area contributed by atoms with Crippen LogP contribution in [0.5, 0.6) is 0 Å². The summed E-state index contributed by atoms with van der Waals surface area (Å²) in [5, 5.41) is 1.69. The van der Waals surface area contributed by atoms with Crippen LogP contribution in [-0.2, 0) is 7.05 Å². The summed E-state index contributed by atoms with van der Waals surface area (Å²) in [6.07, 6.45) is 2.11. The molecule has 0 atom stereocenters. The summed E-state index contributed by atoms with van der Waals surface area (Å²) in [6.45, 7) is 13.5. The maximum Gasteiger partial charge on any atom is 0.264 e. The van der Waals surface area contributed by atoms with Crippen molar-refractivity contribution in [2.45, 2.75) is 20.8 Å². The molecular weight excluding hydrogens is 327 g/mol. The Hall–Kier alpha value is -3.19. The van der Waals surface area contributed by atoms with E-state index in [0.29, 0.717) is 11.2 Å². The Balaban J connectivity index is 2.20. The third-order valence-electron chi connectivity index (χ3n) is 5.05. The molecule has 0 bridgehead atoms. The fraction of sp³-hybridized carbons (Fsp3) is 0.182. The van der Waals surface area contributed by atoms with Crippen LogP contribution < -0.4 is 4.57 Å². The van der Waals surface area contributed by atoms with Crippen LogP contribution in [0.4, 0.5) is 10.1 Å². The van der Waals surface area contributed by atoms with Gasteiger partial charge in [0, 0.05) is 22.4 Å². The van der Waals surface area contributed by atoms with Gasteiger partial charge in [0.05, 0.1) is 12.1 Å². The molecule has 0 saturated heterocycles. The quantitative estimate of drug-likeness (QED) is 0.321. The lowest BCUT2D eigenvalue weighted by atomic mass is 9.96. The molecule has 4 rings (SSSR count). The van der Waals surface area contributed by atoms with Gasteiger partial charge >= 0.3 is 0 Å². The third kappa shape index (κ3) is 2.21. The Morgan fingerprint density at radius 3 is 2.54 bits per heavy atom. The highest BCUT2D eigenvalue weighted by Crippen LogP contribution is 2.41. The molecule has 0 fully saturated rings. The summed E-state index contributed by atoms with van der Waals surface area (Å²) >= 11 is 0. The van der Waals surface area contributed by atoms with Crippen molar-refractivity contribution in [2.24, 2.45) is 7.05 Å². The molecule has 0 radical (unpaired) electrons. The largest absolute Gasteiger partial charge is 0.467 e. The Kier molecular flexibility index (Phi) is 3.55. The monoisotopic (exact) mass is 345 g/mol. The summed E-state index contributed by atoms with van der Waals surface area (Å²) < 4.78 is 22.0. The van der Waals surface area contributed by atoms with Crippen LogP contribution in [0.1, 0.15) is 16.7 Å². The average Bonchev–Trinajstić information content (AvgIpc) is 2.97. The predicted molar refractivity (Wildman–Crippen MR) is 101 cm³/mol. The van der Waals surface area contributed by atoms with Gasteiger partial charge in [-0.3, -0.25) is 0 Å². The number of pyridine rings is 1. The minimum atomic E-state index is -0.554. The van der Waals surface area contributed by atoms with Gasteiger partial charge in [0.15, 0.2) is 6.20 Å². The second-order valence-electron chi connectivity index (χ2n) is 6.75. The van der Waals surface area contributed by atoms with Crippen molar-refractivity contribution in [3.63, 3.8) is 0 Å². The van der Waals surface area contributed by atoms with Crippen molar-refractivity contribution in [3.8, 4) is 11.3 Å². The van der Waals surface area contributed by atoms with E-state index in [1.165, 1.54) is 17.2 Å². The van der Waals surface area contributed by atoms with E-state index in [-0.39, 0.29) is 5.69 Å². The van der Waals surface area contributed by atoms with E-state index >= 15 is 0 Å². The van der Waals surface area contributed by atoms with Gasteiger partial charge in [-0.25, -0.2) is 13.8 Å². The molecule has 2 aromatic carbocycles. The summed E-state index contributed by atoms with van der Waals surface area (Å²) in [6, 6.07) is 9.10. The fourth-order valence-electron chi connectivity index (χ4n) is 3.56.